The second-order valence-electron chi connectivity index (χ2n) is 14.2. The van der Waals surface area contributed by atoms with Crippen molar-refractivity contribution in [3.05, 3.63) is 63.9 Å². The maximum atomic E-state index is 16.2. The van der Waals surface area contributed by atoms with Gasteiger partial charge in [0.25, 0.3) is 0 Å². The molecule has 2 aliphatic carbocycles. The standard InChI is InChI=1S/C39H51F2N5O2/c1-6-27-11-8-9-19-39(4,20-18-27)25-48-38-44-36(33(22-42-5)37(45-38)46-23-29-15-16-30(24-46)43-29)35(41)13-10-12-31(47)21-28-14-17-34(40)32(7-2)26(28)3/h2,10,12-13,21-22,27,29-30,43,47H,6,8-9,11,14-20,23-25H2,1,3-5H3/b12-10+,31-21+,35-13-,42-22-. The molecule has 3 heterocycles. The molecule has 0 amide bonds. The Kier molecular flexibility index (Phi) is 11.9. The number of piperazine rings is 1. The van der Waals surface area contributed by atoms with Crippen LogP contribution in [0.1, 0.15) is 103 Å². The van der Waals surface area contributed by atoms with E-state index >= 15 is 4.39 Å². The van der Waals surface area contributed by atoms with Crippen LogP contribution >= 0.6 is 0 Å². The first kappa shape index (κ1) is 35.5. The van der Waals surface area contributed by atoms with E-state index in [1.54, 1.807) is 26.3 Å². The van der Waals surface area contributed by atoms with Crippen molar-refractivity contribution in [1.82, 2.24) is 15.3 Å². The predicted molar refractivity (Wildman–Crippen MR) is 191 cm³/mol. The molecule has 7 nitrogen and oxygen atoms in total. The van der Waals surface area contributed by atoms with E-state index in [0.717, 1.165) is 50.3 Å². The van der Waals surface area contributed by atoms with Gasteiger partial charge in [0, 0.05) is 50.3 Å². The van der Waals surface area contributed by atoms with Gasteiger partial charge in [-0.05, 0) is 80.7 Å². The van der Waals surface area contributed by atoms with Crippen molar-refractivity contribution in [2.24, 2.45) is 16.3 Å². The minimum Gasteiger partial charge on any atom is -0.508 e. The lowest BCUT2D eigenvalue weighted by Crippen LogP contribution is -2.51. The molecule has 0 radical (unpaired) electrons. The van der Waals surface area contributed by atoms with Crippen LogP contribution in [0.5, 0.6) is 6.01 Å². The average Bonchev–Trinajstić information content (AvgIpc) is 3.41. The Balaban J connectivity index is 1.44. The SMILES string of the molecule is C#CC1=C(F)CCC(\C=C(O)/C=C/C=C(\F)c2nc(OCC3(C)CCCCC(CC)CC3)nc(N3CC4CCC(C3)N4)c2/C=N\C)=C1C. The number of anilines is 1. The summed E-state index contributed by atoms with van der Waals surface area (Å²) in [6, 6.07) is 0.861. The number of hydrogen-bond donors (Lipinski definition) is 2. The fourth-order valence-electron chi connectivity index (χ4n) is 7.57. The number of ether oxygens (including phenoxy) is 1. The number of aliphatic imine (C=N–C) groups is 1. The number of aliphatic hydroxyl groups excluding tert-OH is 1. The molecule has 1 saturated carbocycles. The molecule has 1 aromatic heterocycles. The largest absolute Gasteiger partial charge is 0.508 e. The van der Waals surface area contributed by atoms with E-state index in [2.05, 4.69) is 40.0 Å². The van der Waals surface area contributed by atoms with Crippen LogP contribution in [0.2, 0.25) is 0 Å². The van der Waals surface area contributed by atoms with Crippen molar-refractivity contribution >= 4 is 17.9 Å². The van der Waals surface area contributed by atoms with E-state index in [1.807, 2.05) is 0 Å². The number of allylic oxidation sites excluding steroid dienone is 8. The Morgan fingerprint density at radius 2 is 1.94 bits per heavy atom. The molecular formula is C39H51F2N5O2. The van der Waals surface area contributed by atoms with Gasteiger partial charge in [0.05, 0.1) is 17.7 Å². The van der Waals surface area contributed by atoms with Crippen LogP contribution < -0.4 is 15.0 Å². The summed E-state index contributed by atoms with van der Waals surface area (Å²) in [4.78, 5) is 16.0. The van der Waals surface area contributed by atoms with Gasteiger partial charge in [0.2, 0.25) is 0 Å². The quantitative estimate of drug-likeness (QED) is 0.113. The van der Waals surface area contributed by atoms with Crippen molar-refractivity contribution in [3.63, 3.8) is 0 Å². The van der Waals surface area contributed by atoms with Gasteiger partial charge in [0.1, 0.15) is 28.9 Å². The van der Waals surface area contributed by atoms with Crippen LogP contribution in [0.3, 0.4) is 0 Å². The van der Waals surface area contributed by atoms with E-state index in [4.69, 9.17) is 16.1 Å². The molecule has 3 fully saturated rings. The van der Waals surface area contributed by atoms with Crippen molar-refractivity contribution in [2.45, 2.75) is 103 Å². The lowest BCUT2D eigenvalue weighted by atomic mass is 9.75. The number of terminal acetylenes is 1. The monoisotopic (exact) mass is 659 g/mol. The smallest absolute Gasteiger partial charge is 0.319 e. The first-order valence-electron chi connectivity index (χ1n) is 17.6. The van der Waals surface area contributed by atoms with Crippen LogP contribution in [-0.2, 0) is 0 Å². The molecule has 258 valence electrons. The van der Waals surface area contributed by atoms with Gasteiger partial charge < -0.3 is 20.1 Å². The molecule has 1 aromatic rings. The normalized spacial score (nSPS) is 27.5. The summed E-state index contributed by atoms with van der Waals surface area (Å²) in [7, 11) is 1.65. The average molecular weight is 660 g/mol. The molecule has 2 aliphatic heterocycles. The van der Waals surface area contributed by atoms with E-state index in [-0.39, 0.29) is 40.7 Å². The number of nitrogens with one attached hydrogen (secondary N) is 1. The predicted octanol–water partition coefficient (Wildman–Crippen LogP) is 8.51. The molecule has 4 unspecified atom stereocenters. The molecule has 2 N–H and O–H groups in total. The maximum absolute atomic E-state index is 16.2. The zero-order chi connectivity index (χ0) is 34.3. The molecule has 4 aliphatic rings. The zero-order valence-corrected chi connectivity index (χ0v) is 29.0. The molecular weight excluding hydrogens is 608 g/mol. The number of hydrogen-bond acceptors (Lipinski definition) is 7. The topological polar surface area (TPSA) is 82.9 Å². The fraction of sp³-hybridized carbons (Fsp3) is 0.564. The van der Waals surface area contributed by atoms with Gasteiger partial charge in [-0.25, -0.2) is 8.78 Å². The van der Waals surface area contributed by atoms with Crippen molar-refractivity contribution < 1.29 is 18.6 Å². The van der Waals surface area contributed by atoms with Crippen molar-refractivity contribution in [1.29, 1.82) is 0 Å². The first-order valence-corrected chi connectivity index (χ1v) is 17.6. The number of halogens is 2. The highest BCUT2D eigenvalue weighted by Gasteiger charge is 2.35. The molecule has 0 aromatic carbocycles. The van der Waals surface area contributed by atoms with E-state index < -0.39 is 5.83 Å². The van der Waals surface area contributed by atoms with E-state index in [0.29, 0.717) is 42.1 Å². The maximum Gasteiger partial charge on any atom is 0.319 e. The van der Waals surface area contributed by atoms with Gasteiger partial charge in [-0.1, -0.05) is 51.5 Å². The molecule has 9 heteroatoms. The number of fused-ring (bicyclic) bond motifs is 2. The highest BCUT2D eigenvalue weighted by Crippen LogP contribution is 2.38. The Bertz CT molecular complexity index is 1560. The summed E-state index contributed by atoms with van der Waals surface area (Å²) in [5, 5.41) is 14.3. The van der Waals surface area contributed by atoms with Crippen LogP contribution in [0.25, 0.3) is 5.83 Å². The minimum atomic E-state index is -0.601. The molecule has 0 spiro atoms. The third-order valence-corrected chi connectivity index (χ3v) is 10.5. The highest BCUT2D eigenvalue weighted by atomic mass is 19.1. The van der Waals surface area contributed by atoms with Crippen molar-refractivity contribution in [3.8, 4) is 18.4 Å². The van der Waals surface area contributed by atoms with Gasteiger partial charge in [-0.15, -0.1) is 6.42 Å². The zero-order valence-electron chi connectivity index (χ0n) is 29.0. The van der Waals surface area contributed by atoms with E-state index in [1.165, 1.54) is 50.3 Å². The number of nitrogens with zero attached hydrogens (tertiary/aromatic N) is 4. The Morgan fingerprint density at radius 1 is 1.17 bits per heavy atom. The lowest BCUT2D eigenvalue weighted by molar-refractivity contribution is 0.110. The second-order valence-corrected chi connectivity index (χ2v) is 14.2. The minimum absolute atomic E-state index is 0.00905. The summed E-state index contributed by atoms with van der Waals surface area (Å²) in [5.74, 6) is 2.75. The summed E-state index contributed by atoms with van der Waals surface area (Å²) in [6.07, 6.45) is 23.8. The van der Waals surface area contributed by atoms with Crippen LogP contribution in [0, 0.1) is 23.7 Å². The van der Waals surface area contributed by atoms with Gasteiger partial charge in [-0.3, -0.25) is 4.99 Å². The summed E-state index contributed by atoms with van der Waals surface area (Å²) in [5.41, 5.74) is 2.17. The fourth-order valence-corrected chi connectivity index (χ4v) is 7.57. The molecule has 5 rings (SSSR count). The molecule has 2 saturated heterocycles. The second kappa shape index (κ2) is 16.1. The Hall–Kier alpha value is -3.77. The van der Waals surface area contributed by atoms with Gasteiger partial charge in [-0.2, -0.15) is 9.97 Å². The first-order chi connectivity index (χ1) is 23.1. The number of aliphatic hydroxyl groups is 1. The van der Waals surface area contributed by atoms with Gasteiger partial charge in [0.15, 0.2) is 0 Å². The van der Waals surface area contributed by atoms with Gasteiger partial charge >= 0.3 is 6.01 Å². The summed E-state index contributed by atoms with van der Waals surface area (Å²) in [6.45, 7) is 8.29. The highest BCUT2D eigenvalue weighted by molar-refractivity contribution is 5.92. The molecule has 4 atom stereocenters. The van der Waals surface area contributed by atoms with Crippen LogP contribution in [0.15, 0.2) is 57.6 Å². The van der Waals surface area contributed by atoms with Crippen LogP contribution in [-0.4, -0.2) is 60.1 Å². The van der Waals surface area contributed by atoms with E-state index in [9.17, 15) is 9.50 Å². The molecule has 48 heavy (non-hydrogen) atoms. The lowest BCUT2D eigenvalue weighted by Gasteiger charge is -2.35. The Morgan fingerprint density at radius 3 is 2.65 bits per heavy atom. The third kappa shape index (κ3) is 8.63. The summed E-state index contributed by atoms with van der Waals surface area (Å²) < 4.78 is 36.7. The number of rotatable bonds is 10. The number of aromatic nitrogens is 2. The van der Waals surface area contributed by atoms with Crippen molar-refractivity contribution in [2.75, 3.05) is 31.6 Å². The summed E-state index contributed by atoms with van der Waals surface area (Å²) >= 11 is 0. The Labute approximate surface area is 285 Å². The molecule has 2 bridgehead atoms. The third-order valence-electron chi connectivity index (χ3n) is 10.5. The van der Waals surface area contributed by atoms with Crippen LogP contribution in [0.4, 0.5) is 14.6 Å².